The van der Waals surface area contributed by atoms with Crippen LogP contribution in [0, 0.1) is 0 Å². The number of aliphatic carboxylic acids is 1. The average molecular weight is 631 g/mol. The van der Waals surface area contributed by atoms with E-state index in [2.05, 4.69) is 35.9 Å². The molecule has 0 fully saturated rings. The first-order valence-corrected chi connectivity index (χ1v) is 14.1. The fourth-order valence-corrected chi connectivity index (χ4v) is 4.14. The number of nitrogens with two attached hydrogens (primary N) is 5. The zero-order valence-corrected chi connectivity index (χ0v) is 24.7. The summed E-state index contributed by atoms with van der Waals surface area (Å²) in [5.74, 6) is -3.67. The van der Waals surface area contributed by atoms with E-state index in [-0.39, 0.29) is 62.9 Å². The summed E-state index contributed by atoms with van der Waals surface area (Å²) in [4.78, 5) is 66.2. The summed E-state index contributed by atoms with van der Waals surface area (Å²) in [6.07, 6.45) is 3.62. The first-order valence-electron chi connectivity index (χ1n) is 14.1. The predicted octanol–water partition coefficient (Wildman–Crippen LogP) is -3.13. The molecule has 0 aliphatic carbocycles. The molecule has 0 aliphatic heterocycles. The van der Waals surface area contributed by atoms with Gasteiger partial charge in [0.25, 0.3) is 0 Å². The number of hydrogen-bond donors (Lipinski definition) is 11. The van der Waals surface area contributed by atoms with E-state index in [0.717, 1.165) is 0 Å². The van der Waals surface area contributed by atoms with Crippen LogP contribution in [0.5, 0.6) is 5.75 Å². The summed E-state index contributed by atoms with van der Waals surface area (Å²) in [6.45, 7) is 0.399. The number of carboxylic acid groups (broad SMARTS) is 1. The van der Waals surface area contributed by atoms with Crippen LogP contribution in [-0.2, 0) is 32.0 Å². The molecular weight excluding hydrogens is 588 g/mol. The average Bonchev–Trinajstić information content (AvgIpc) is 3.49. The number of amides is 3. The summed E-state index contributed by atoms with van der Waals surface area (Å²) in [5, 5.41) is 27.1. The van der Waals surface area contributed by atoms with Crippen molar-refractivity contribution in [3.8, 4) is 5.75 Å². The molecular formula is C27H42N12O6. The second kappa shape index (κ2) is 18.3. The molecule has 16 N–H and O–H groups in total. The van der Waals surface area contributed by atoms with Gasteiger partial charge in [-0.3, -0.25) is 24.4 Å². The number of aromatic amines is 1. The Morgan fingerprint density at radius 1 is 0.800 bits per heavy atom. The highest BCUT2D eigenvalue weighted by Gasteiger charge is 2.30. The maximum atomic E-state index is 13.6. The maximum Gasteiger partial charge on any atom is 0.326 e. The third-order valence-corrected chi connectivity index (χ3v) is 6.49. The van der Waals surface area contributed by atoms with Crippen molar-refractivity contribution < 1.29 is 29.4 Å². The lowest BCUT2D eigenvalue weighted by Gasteiger charge is -2.25. The van der Waals surface area contributed by atoms with Crippen molar-refractivity contribution in [1.82, 2.24) is 25.9 Å². The number of nitrogens with zero attached hydrogens (tertiary/aromatic N) is 3. The van der Waals surface area contributed by atoms with Crippen LogP contribution in [0.4, 0.5) is 0 Å². The monoisotopic (exact) mass is 630 g/mol. The lowest BCUT2D eigenvalue weighted by Crippen LogP contribution is -2.57. The molecule has 1 heterocycles. The molecule has 1 aromatic heterocycles. The van der Waals surface area contributed by atoms with Crippen LogP contribution in [0.15, 0.2) is 46.8 Å². The lowest BCUT2D eigenvalue weighted by atomic mass is 10.0. The summed E-state index contributed by atoms with van der Waals surface area (Å²) in [6, 6.07) is 1.25. The van der Waals surface area contributed by atoms with E-state index in [0.29, 0.717) is 17.7 Å². The molecule has 0 aliphatic rings. The Balaban J connectivity index is 2.24. The fourth-order valence-electron chi connectivity index (χ4n) is 4.14. The molecule has 4 unspecified atom stereocenters. The van der Waals surface area contributed by atoms with Crippen LogP contribution in [0.25, 0.3) is 0 Å². The summed E-state index contributed by atoms with van der Waals surface area (Å²) in [5.41, 5.74) is 28.5. The maximum absolute atomic E-state index is 13.6. The molecule has 18 heteroatoms. The van der Waals surface area contributed by atoms with Gasteiger partial charge in [0.05, 0.1) is 12.4 Å². The number of aromatic hydroxyl groups is 1. The number of hydrogen-bond acceptors (Lipinski definition) is 9. The van der Waals surface area contributed by atoms with Gasteiger partial charge < -0.3 is 59.8 Å². The van der Waals surface area contributed by atoms with Crippen molar-refractivity contribution in [3.05, 3.63) is 48.0 Å². The number of guanidine groups is 2. The van der Waals surface area contributed by atoms with Crippen molar-refractivity contribution in [3.63, 3.8) is 0 Å². The van der Waals surface area contributed by atoms with Crippen molar-refractivity contribution in [2.24, 2.45) is 38.7 Å². The Hall–Kier alpha value is -5.39. The summed E-state index contributed by atoms with van der Waals surface area (Å²) >= 11 is 0. The van der Waals surface area contributed by atoms with Gasteiger partial charge in [-0.15, -0.1) is 0 Å². The third-order valence-electron chi connectivity index (χ3n) is 6.49. The molecule has 0 saturated heterocycles. The molecule has 0 saturated carbocycles. The Kier molecular flexibility index (Phi) is 14.6. The third kappa shape index (κ3) is 13.6. The topological polar surface area (TPSA) is 328 Å². The summed E-state index contributed by atoms with van der Waals surface area (Å²) in [7, 11) is 0. The largest absolute Gasteiger partial charge is 0.508 e. The number of aromatic nitrogens is 2. The van der Waals surface area contributed by atoms with Crippen molar-refractivity contribution in [2.75, 3.05) is 13.1 Å². The van der Waals surface area contributed by atoms with Crippen molar-refractivity contribution >= 4 is 35.6 Å². The number of benzene rings is 1. The number of nitrogens with one attached hydrogen (secondary N) is 4. The van der Waals surface area contributed by atoms with Crippen LogP contribution in [0.1, 0.15) is 36.9 Å². The SMILES string of the molecule is NC(N)=NCCCC(N)C(=O)NC(Cc1ccc(O)cc1)C(=O)NC(CCCN=C(N)N)C(=O)NC(Cc1cnc[nH]1)C(=O)O. The van der Waals surface area contributed by atoms with Gasteiger partial charge in [-0.05, 0) is 43.4 Å². The Morgan fingerprint density at radius 2 is 1.36 bits per heavy atom. The Labute approximate surface area is 259 Å². The number of imidazole rings is 1. The van der Waals surface area contributed by atoms with Crippen LogP contribution in [0.3, 0.4) is 0 Å². The van der Waals surface area contributed by atoms with E-state index in [4.69, 9.17) is 28.7 Å². The van der Waals surface area contributed by atoms with Crippen LogP contribution < -0.4 is 44.6 Å². The van der Waals surface area contributed by atoms with Gasteiger partial charge in [-0.1, -0.05) is 12.1 Å². The standard InChI is InChI=1S/C27H42N12O6/c28-18(3-1-9-34-26(29)30)22(41)38-20(11-15-5-7-17(40)8-6-15)24(43)37-19(4-2-10-35-27(31)32)23(42)39-21(25(44)45)12-16-13-33-14-36-16/h5-8,13-14,18-21,40H,1-4,9-12,28H2,(H,33,36)(H,37,43)(H,38,41)(H,39,42)(H,44,45)(H4,29,30,34)(H4,31,32,35). The number of rotatable bonds is 19. The summed E-state index contributed by atoms with van der Waals surface area (Å²) < 4.78 is 0. The molecule has 0 spiro atoms. The number of phenols is 1. The van der Waals surface area contributed by atoms with Gasteiger partial charge >= 0.3 is 5.97 Å². The quantitative estimate of drug-likeness (QED) is 0.0417. The number of carbonyl (C=O) groups is 4. The van der Waals surface area contributed by atoms with Gasteiger partial charge in [0.15, 0.2) is 11.9 Å². The minimum absolute atomic E-state index is 0.00667. The van der Waals surface area contributed by atoms with E-state index in [9.17, 15) is 29.4 Å². The molecule has 18 nitrogen and oxygen atoms in total. The fraction of sp³-hybridized carbons (Fsp3) is 0.444. The van der Waals surface area contributed by atoms with E-state index in [1.54, 1.807) is 12.1 Å². The van der Waals surface area contributed by atoms with E-state index < -0.39 is 47.9 Å². The molecule has 0 bridgehead atoms. The lowest BCUT2D eigenvalue weighted by molar-refractivity contribution is -0.142. The normalized spacial score (nSPS) is 13.4. The number of carbonyl (C=O) groups excluding carboxylic acids is 3. The highest BCUT2D eigenvalue weighted by atomic mass is 16.4. The molecule has 2 aromatic rings. The minimum Gasteiger partial charge on any atom is -0.508 e. The van der Waals surface area contributed by atoms with Crippen LogP contribution >= 0.6 is 0 Å². The number of H-pyrrole nitrogens is 1. The zero-order valence-electron chi connectivity index (χ0n) is 24.7. The first kappa shape index (κ1) is 35.8. The first-order chi connectivity index (χ1) is 21.3. The second-order valence-electron chi connectivity index (χ2n) is 10.2. The molecule has 0 radical (unpaired) electrons. The number of aliphatic imine (C=N–C) groups is 2. The number of carboxylic acids is 1. The second-order valence-corrected chi connectivity index (χ2v) is 10.2. The van der Waals surface area contributed by atoms with E-state index in [1.165, 1.54) is 24.7 Å². The highest BCUT2D eigenvalue weighted by Crippen LogP contribution is 2.12. The molecule has 246 valence electrons. The molecule has 2 rings (SSSR count). The number of phenolic OH excluding ortho intramolecular Hbond substituents is 1. The van der Waals surface area contributed by atoms with Gasteiger partial charge in [0.2, 0.25) is 17.7 Å². The Bertz CT molecular complexity index is 1310. The highest BCUT2D eigenvalue weighted by molar-refractivity contribution is 5.94. The van der Waals surface area contributed by atoms with Crippen LogP contribution in [-0.4, -0.2) is 93.0 Å². The zero-order chi connectivity index (χ0) is 33.4. The van der Waals surface area contributed by atoms with Gasteiger partial charge in [0.1, 0.15) is 23.9 Å². The smallest absolute Gasteiger partial charge is 0.326 e. The van der Waals surface area contributed by atoms with Crippen molar-refractivity contribution in [1.29, 1.82) is 0 Å². The Morgan fingerprint density at radius 3 is 1.91 bits per heavy atom. The predicted molar refractivity (Wildman–Crippen MR) is 165 cm³/mol. The van der Waals surface area contributed by atoms with Gasteiger partial charge in [-0.2, -0.15) is 0 Å². The van der Waals surface area contributed by atoms with Gasteiger partial charge in [-0.25, -0.2) is 9.78 Å². The van der Waals surface area contributed by atoms with Crippen molar-refractivity contribution in [2.45, 2.75) is 62.7 Å². The molecule has 3 amide bonds. The van der Waals surface area contributed by atoms with E-state index in [1.807, 2.05) is 0 Å². The van der Waals surface area contributed by atoms with Gasteiger partial charge in [0, 0.05) is 37.8 Å². The molecule has 4 atom stereocenters. The molecule has 45 heavy (non-hydrogen) atoms. The van der Waals surface area contributed by atoms with E-state index >= 15 is 0 Å². The van der Waals surface area contributed by atoms with Crippen LogP contribution in [0.2, 0.25) is 0 Å². The minimum atomic E-state index is -1.33. The molecule has 1 aromatic carbocycles.